The molecular formula is C12H18N4O2. The fourth-order valence-corrected chi connectivity index (χ4v) is 2.08. The van der Waals surface area contributed by atoms with Crippen LogP contribution in [0, 0.1) is 0 Å². The van der Waals surface area contributed by atoms with Crippen LogP contribution in [-0.4, -0.2) is 33.7 Å². The number of hydrogen-bond donors (Lipinski definition) is 1. The number of aromatic nitrogens is 2. The maximum absolute atomic E-state index is 11.7. The van der Waals surface area contributed by atoms with E-state index in [1.54, 1.807) is 7.05 Å². The number of nitrogens with zero attached hydrogens (tertiary/aromatic N) is 3. The zero-order valence-electron chi connectivity index (χ0n) is 11.1. The fraction of sp³-hybridized carbons (Fsp3) is 0.583. The summed E-state index contributed by atoms with van der Waals surface area (Å²) in [6.45, 7) is 5.92. The number of amides is 3. The van der Waals surface area contributed by atoms with Crippen molar-refractivity contribution in [3.63, 3.8) is 0 Å². The molecule has 6 heteroatoms. The third-order valence-electron chi connectivity index (χ3n) is 3.49. The quantitative estimate of drug-likeness (QED) is 0.859. The average Bonchev–Trinajstić information content (AvgIpc) is 2.75. The summed E-state index contributed by atoms with van der Waals surface area (Å²) in [5.74, 6) is -0.264. The van der Waals surface area contributed by atoms with Gasteiger partial charge in [-0.1, -0.05) is 0 Å². The Morgan fingerprint density at radius 3 is 2.67 bits per heavy atom. The monoisotopic (exact) mass is 250 g/mol. The van der Waals surface area contributed by atoms with Gasteiger partial charge < -0.3 is 4.90 Å². The minimum Gasteiger partial charge on any atom is -0.316 e. The molecule has 0 saturated carbocycles. The van der Waals surface area contributed by atoms with E-state index < -0.39 is 5.54 Å². The number of rotatable bonds is 2. The Hall–Kier alpha value is -1.85. The standard InChI is InChI=1S/C12H18N4O2/c1-8(2)16-6-5-9(14-16)12(3)7-10(17)13-11(18)15(12)4/h5-6,8H,7H2,1-4H3,(H,13,17,18). The van der Waals surface area contributed by atoms with Crippen molar-refractivity contribution in [2.45, 2.75) is 38.8 Å². The second-order valence-corrected chi connectivity index (χ2v) is 5.14. The summed E-state index contributed by atoms with van der Waals surface area (Å²) in [5.41, 5.74) is 0.0569. The number of hydrogen-bond acceptors (Lipinski definition) is 3. The van der Waals surface area contributed by atoms with Crippen molar-refractivity contribution < 1.29 is 9.59 Å². The molecule has 0 bridgehead atoms. The van der Waals surface area contributed by atoms with E-state index in [1.807, 2.05) is 37.7 Å². The smallest absolute Gasteiger partial charge is 0.316 e. The Balaban J connectivity index is 2.38. The van der Waals surface area contributed by atoms with Crippen molar-refractivity contribution in [3.05, 3.63) is 18.0 Å². The summed E-state index contributed by atoms with van der Waals surface area (Å²) in [4.78, 5) is 24.8. The average molecular weight is 250 g/mol. The Kier molecular flexibility index (Phi) is 2.88. The van der Waals surface area contributed by atoms with Gasteiger partial charge in [-0.15, -0.1) is 0 Å². The van der Waals surface area contributed by atoms with Crippen LogP contribution in [0.1, 0.15) is 38.9 Å². The minimum atomic E-state index is -0.681. The van der Waals surface area contributed by atoms with Gasteiger partial charge in [0, 0.05) is 19.3 Å². The predicted molar refractivity (Wildman–Crippen MR) is 65.9 cm³/mol. The molecule has 1 N–H and O–H groups in total. The van der Waals surface area contributed by atoms with E-state index in [0.29, 0.717) is 0 Å². The molecule has 1 fully saturated rings. The first-order valence-corrected chi connectivity index (χ1v) is 5.98. The summed E-state index contributed by atoms with van der Waals surface area (Å²) in [5, 5.41) is 6.76. The predicted octanol–water partition coefficient (Wildman–Crippen LogP) is 1.25. The highest BCUT2D eigenvalue weighted by Gasteiger charge is 2.43. The molecule has 1 atom stereocenters. The van der Waals surface area contributed by atoms with Crippen LogP contribution in [0.5, 0.6) is 0 Å². The van der Waals surface area contributed by atoms with Crippen LogP contribution >= 0.6 is 0 Å². The van der Waals surface area contributed by atoms with E-state index in [1.165, 1.54) is 4.90 Å². The minimum absolute atomic E-state index is 0.227. The summed E-state index contributed by atoms with van der Waals surface area (Å²) in [6, 6.07) is 1.73. The lowest BCUT2D eigenvalue weighted by Gasteiger charge is -2.40. The van der Waals surface area contributed by atoms with Crippen molar-refractivity contribution in [3.8, 4) is 0 Å². The fourth-order valence-electron chi connectivity index (χ4n) is 2.08. The molecule has 1 aromatic heterocycles. The molecule has 98 valence electrons. The van der Waals surface area contributed by atoms with Crippen molar-refractivity contribution in [2.24, 2.45) is 0 Å². The molecule has 2 heterocycles. The summed E-state index contributed by atoms with van der Waals surface area (Å²) in [6.07, 6.45) is 2.10. The first-order valence-electron chi connectivity index (χ1n) is 5.98. The highest BCUT2D eigenvalue weighted by atomic mass is 16.2. The lowest BCUT2D eigenvalue weighted by atomic mass is 9.90. The van der Waals surface area contributed by atoms with Crippen molar-refractivity contribution in [2.75, 3.05) is 7.05 Å². The van der Waals surface area contributed by atoms with Gasteiger partial charge in [0.25, 0.3) is 0 Å². The zero-order chi connectivity index (χ0) is 13.5. The van der Waals surface area contributed by atoms with E-state index in [0.717, 1.165) is 5.69 Å². The molecule has 6 nitrogen and oxygen atoms in total. The largest absolute Gasteiger partial charge is 0.324 e. The molecule has 1 aliphatic heterocycles. The van der Waals surface area contributed by atoms with Crippen LogP contribution in [0.4, 0.5) is 4.79 Å². The van der Waals surface area contributed by atoms with Crippen LogP contribution in [-0.2, 0) is 10.3 Å². The van der Waals surface area contributed by atoms with Crippen LogP contribution < -0.4 is 5.32 Å². The van der Waals surface area contributed by atoms with Gasteiger partial charge in [-0.25, -0.2) is 4.79 Å². The molecule has 0 aliphatic carbocycles. The second-order valence-electron chi connectivity index (χ2n) is 5.14. The van der Waals surface area contributed by atoms with Gasteiger partial charge in [-0.05, 0) is 26.8 Å². The van der Waals surface area contributed by atoms with Crippen molar-refractivity contribution in [1.82, 2.24) is 20.0 Å². The van der Waals surface area contributed by atoms with E-state index in [-0.39, 0.29) is 24.4 Å². The molecule has 3 amide bonds. The van der Waals surface area contributed by atoms with E-state index >= 15 is 0 Å². The highest BCUT2D eigenvalue weighted by Crippen LogP contribution is 2.32. The molecule has 0 aromatic carbocycles. The maximum atomic E-state index is 11.7. The molecule has 0 radical (unpaired) electrons. The first kappa shape index (κ1) is 12.6. The molecule has 1 aromatic rings. The van der Waals surface area contributed by atoms with Gasteiger partial charge in [-0.3, -0.25) is 14.8 Å². The lowest BCUT2D eigenvalue weighted by molar-refractivity contribution is -0.124. The van der Waals surface area contributed by atoms with Gasteiger partial charge in [0.1, 0.15) is 0 Å². The molecule has 2 rings (SSSR count). The van der Waals surface area contributed by atoms with Crippen molar-refractivity contribution >= 4 is 11.9 Å². The Labute approximate surface area is 106 Å². The van der Waals surface area contributed by atoms with Gasteiger partial charge in [-0.2, -0.15) is 5.10 Å². The first-order chi connectivity index (χ1) is 8.34. The third kappa shape index (κ3) is 1.87. The Morgan fingerprint density at radius 1 is 1.44 bits per heavy atom. The lowest BCUT2D eigenvalue weighted by Crippen LogP contribution is -2.58. The normalized spacial score (nSPS) is 24.6. The second kappa shape index (κ2) is 4.12. The molecule has 18 heavy (non-hydrogen) atoms. The number of urea groups is 1. The molecule has 1 aliphatic rings. The van der Waals surface area contributed by atoms with Gasteiger partial charge in [0.15, 0.2) is 0 Å². The topological polar surface area (TPSA) is 67.2 Å². The van der Waals surface area contributed by atoms with Gasteiger partial charge in [0.05, 0.1) is 17.7 Å². The maximum Gasteiger partial charge on any atom is 0.324 e. The number of carbonyl (C=O) groups is 2. The van der Waals surface area contributed by atoms with Gasteiger partial charge in [0.2, 0.25) is 5.91 Å². The van der Waals surface area contributed by atoms with E-state index in [4.69, 9.17) is 0 Å². The molecule has 1 unspecified atom stereocenters. The number of nitrogens with one attached hydrogen (secondary N) is 1. The van der Waals surface area contributed by atoms with Crippen LogP contribution in [0.3, 0.4) is 0 Å². The summed E-state index contributed by atoms with van der Waals surface area (Å²) in [7, 11) is 1.68. The SMILES string of the molecule is CC(C)n1ccc(C2(C)CC(=O)NC(=O)N2C)n1. The molecular weight excluding hydrogens is 232 g/mol. The molecule has 0 spiro atoms. The number of carbonyl (C=O) groups excluding carboxylic acids is 2. The Bertz CT molecular complexity index is 494. The Morgan fingerprint density at radius 2 is 2.11 bits per heavy atom. The van der Waals surface area contributed by atoms with Crippen molar-refractivity contribution in [1.29, 1.82) is 0 Å². The highest BCUT2D eigenvalue weighted by molar-refractivity contribution is 5.97. The molecule has 1 saturated heterocycles. The zero-order valence-corrected chi connectivity index (χ0v) is 11.1. The third-order valence-corrected chi connectivity index (χ3v) is 3.49. The number of imide groups is 1. The van der Waals surface area contributed by atoms with E-state index in [2.05, 4.69) is 10.4 Å². The van der Waals surface area contributed by atoms with Crippen LogP contribution in [0.15, 0.2) is 12.3 Å². The van der Waals surface area contributed by atoms with Gasteiger partial charge >= 0.3 is 6.03 Å². The summed E-state index contributed by atoms with van der Waals surface area (Å²) >= 11 is 0. The van der Waals surface area contributed by atoms with Crippen LogP contribution in [0.25, 0.3) is 0 Å². The van der Waals surface area contributed by atoms with Crippen LogP contribution in [0.2, 0.25) is 0 Å². The summed E-state index contributed by atoms with van der Waals surface area (Å²) < 4.78 is 1.82. The van der Waals surface area contributed by atoms with E-state index in [9.17, 15) is 9.59 Å².